The number of aromatic nitrogens is 1. The molecule has 0 aliphatic heterocycles. The van der Waals surface area contributed by atoms with Crippen molar-refractivity contribution in [3.8, 4) is 11.5 Å². The fourth-order valence-electron chi connectivity index (χ4n) is 3.66. The molecule has 0 atom stereocenters. The number of rotatable bonds is 5. The Labute approximate surface area is 174 Å². The summed E-state index contributed by atoms with van der Waals surface area (Å²) in [7, 11) is 6.61. The summed E-state index contributed by atoms with van der Waals surface area (Å²) in [5.74, 6) is 0.940. The predicted molar refractivity (Wildman–Crippen MR) is 118 cm³/mol. The van der Waals surface area contributed by atoms with Gasteiger partial charge in [-0.15, -0.1) is 0 Å². The van der Waals surface area contributed by atoms with E-state index in [0.717, 1.165) is 33.1 Å². The minimum atomic E-state index is -0.345. The Kier molecular flexibility index (Phi) is 5.14. The molecule has 4 aromatic rings. The predicted octanol–water partition coefficient (Wildman–Crippen LogP) is 4.96. The van der Waals surface area contributed by atoms with Crippen LogP contribution in [0.4, 0.5) is 11.4 Å². The number of esters is 1. The van der Waals surface area contributed by atoms with E-state index >= 15 is 0 Å². The molecule has 0 unspecified atom stereocenters. The highest BCUT2D eigenvalue weighted by Crippen LogP contribution is 2.38. The topological polar surface area (TPSA) is 60.9 Å². The number of anilines is 2. The summed E-state index contributed by atoms with van der Waals surface area (Å²) >= 11 is 0. The molecule has 0 fully saturated rings. The third-order valence-electron chi connectivity index (χ3n) is 5.24. The first kappa shape index (κ1) is 19.5. The summed E-state index contributed by atoms with van der Waals surface area (Å²) in [4.78, 5) is 18.6. The minimum absolute atomic E-state index is 0.345. The van der Waals surface area contributed by atoms with Gasteiger partial charge in [-0.05, 0) is 41.1 Å². The van der Waals surface area contributed by atoms with Gasteiger partial charge in [-0.2, -0.15) is 0 Å². The SMILES string of the molecule is COC(=O)c1cccc2cc(N(C)c3ccnc4cc(OC)c(OC)cc34)ccc12. The number of ether oxygens (including phenoxy) is 3. The van der Waals surface area contributed by atoms with E-state index in [1.165, 1.54) is 7.11 Å². The molecule has 0 aliphatic carbocycles. The van der Waals surface area contributed by atoms with Crippen LogP contribution in [0.5, 0.6) is 11.5 Å². The average molecular weight is 402 g/mol. The van der Waals surface area contributed by atoms with Crippen LogP contribution in [-0.4, -0.2) is 39.3 Å². The van der Waals surface area contributed by atoms with Crippen LogP contribution in [0.3, 0.4) is 0 Å². The van der Waals surface area contributed by atoms with Gasteiger partial charge in [0, 0.05) is 30.4 Å². The molecular formula is C24H22N2O4. The van der Waals surface area contributed by atoms with Crippen LogP contribution >= 0.6 is 0 Å². The molecule has 6 nitrogen and oxygen atoms in total. The molecule has 6 heteroatoms. The highest BCUT2D eigenvalue weighted by atomic mass is 16.5. The summed E-state index contributed by atoms with van der Waals surface area (Å²) in [6.07, 6.45) is 1.77. The number of hydrogen-bond donors (Lipinski definition) is 0. The Morgan fingerprint density at radius 3 is 2.40 bits per heavy atom. The molecular weight excluding hydrogens is 380 g/mol. The third-order valence-corrected chi connectivity index (χ3v) is 5.24. The van der Waals surface area contributed by atoms with Crippen LogP contribution in [0.25, 0.3) is 21.7 Å². The molecule has 0 saturated carbocycles. The number of nitrogens with zero attached hydrogens (tertiary/aromatic N) is 2. The normalized spacial score (nSPS) is 10.8. The molecule has 1 heterocycles. The molecule has 30 heavy (non-hydrogen) atoms. The van der Waals surface area contributed by atoms with Gasteiger partial charge in [0.1, 0.15) is 0 Å². The van der Waals surface area contributed by atoms with E-state index in [2.05, 4.69) is 16.0 Å². The molecule has 0 bridgehead atoms. The summed E-state index contributed by atoms with van der Waals surface area (Å²) in [5.41, 5.74) is 3.32. The van der Waals surface area contributed by atoms with Crippen LogP contribution in [-0.2, 0) is 4.74 Å². The van der Waals surface area contributed by atoms with Crippen molar-refractivity contribution in [2.45, 2.75) is 0 Å². The van der Waals surface area contributed by atoms with Crippen molar-refractivity contribution < 1.29 is 19.0 Å². The molecule has 4 rings (SSSR count). The Balaban J connectivity index is 1.83. The van der Waals surface area contributed by atoms with Crippen molar-refractivity contribution in [1.29, 1.82) is 0 Å². The molecule has 152 valence electrons. The van der Waals surface area contributed by atoms with Gasteiger partial charge in [-0.25, -0.2) is 4.79 Å². The number of pyridine rings is 1. The molecule has 0 spiro atoms. The van der Waals surface area contributed by atoms with Gasteiger partial charge in [0.2, 0.25) is 0 Å². The first-order valence-electron chi connectivity index (χ1n) is 9.43. The van der Waals surface area contributed by atoms with Crippen molar-refractivity contribution in [1.82, 2.24) is 4.98 Å². The molecule has 0 aliphatic rings. The minimum Gasteiger partial charge on any atom is -0.493 e. The second kappa shape index (κ2) is 7.91. The van der Waals surface area contributed by atoms with Gasteiger partial charge in [0.15, 0.2) is 11.5 Å². The van der Waals surface area contributed by atoms with Crippen molar-refractivity contribution in [3.05, 3.63) is 66.4 Å². The Morgan fingerprint density at radius 1 is 0.900 bits per heavy atom. The first-order valence-corrected chi connectivity index (χ1v) is 9.43. The van der Waals surface area contributed by atoms with E-state index in [0.29, 0.717) is 17.1 Å². The van der Waals surface area contributed by atoms with Gasteiger partial charge in [0.25, 0.3) is 0 Å². The standard InChI is InChI=1S/C24H22N2O4/c1-26(16-8-9-17-15(12-16)6-5-7-18(17)24(27)30-4)21-10-11-25-20-14-23(29-3)22(28-2)13-19(20)21/h5-14H,1-4H3. The molecule has 3 aromatic carbocycles. The summed E-state index contributed by atoms with van der Waals surface area (Å²) in [6.45, 7) is 0. The summed E-state index contributed by atoms with van der Waals surface area (Å²) in [6, 6.07) is 17.4. The van der Waals surface area contributed by atoms with Gasteiger partial charge in [-0.3, -0.25) is 4.98 Å². The third kappa shape index (κ3) is 3.26. The zero-order valence-corrected chi connectivity index (χ0v) is 17.3. The summed E-state index contributed by atoms with van der Waals surface area (Å²) in [5, 5.41) is 2.76. The van der Waals surface area contributed by atoms with Crippen LogP contribution < -0.4 is 14.4 Å². The highest BCUT2D eigenvalue weighted by molar-refractivity contribution is 6.05. The maximum Gasteiger partial charge on any atom is 0.338 e. The van der Waals surface area contributed by atoms with Gasteiger partial charge < -0.3 is 19.1 Å². The lowest BCUT2D eigenvalue weighted by Gasteiger charge is -2.22. The van der Waals surface area contributed by atoms with Crippen LogP contribution in [0, 0.1) is 0 Å². The second-order valence-electron chi connectivity index (χ2n) is 6.82. The lowest BCUT2D eigenvalue weighted by atomic mass is 10.0. The van der Waals surface area contributed by atoms with Crippen LogP contribution in [0.2, 0.25) is 0 Å². The lowest BCUT2D eigenvalue weighted by molar-refractivity contribution is 0.0603. The fraction of sp³-hybridized carbons (Fsp3) is 0.167. The summed E-state index contributed by atoms with van der Waals surface area (Å²) < 4.78 is 15.8. The van der Waals surface area contributed by atoms with E-state index < -0.39 is 0 Å². The molecule has 0 N–H and O–H groups in total. The number of carbonyl (C=O) groups is 1. The van der Waals surface area contributed by atoms with E-state index in [-0.39, 0.29) is 5.97 Å². The fourth-order valence-corrected chi connectivity index (χ4v) is 3.66. The van der Waals surface area contributed by atoms with Crippen molar-refractivity contribution in [2.75, 3.05) is 33.3 Å². The van der Waals surface area contributed by atoms with Crippen molar-refractivity contribution in [3.63, 3.8) is 0 Å². The monoisotopic (exact) mass is 402 g/mol. The van der Waals surface area contributed by atoms with Crippen molar-refractivity contribution >= 4 is 39.0 Å². The van der Waals surface area contributed by atoms with E-state index in [9.17, 15) is 4.79 Å². The first-order chi connectivity index (χ1) is 14.6. The largest absolute Gasteiger partial charge is 0.493 e. The molecule has 1 aromatic heterocycles. The van der Waals surface area contributed by atoms with Crippen LogP contribution in [0.15, 0.2) is 60.8 Å². The Bertz CT molecular complexity index is 1250. The molecule has 0 radical (unpaired) electrons. The van der Waals surface area contributed by atoms with Crippen molar-refractivity contribution in [2.24, 2.45) is 0 Å². The van der Waals surface area contributed by atoms with E-state index in [1.807, 2.05) is 49.5 Å². The molecule has 0 saturated heterocycles. The zero-order valence-electron chi connectivity index (χ0n) is 17.3. The van der Waals surface area contributed by atoms with Gasteiger partial charge in [0.05, 0.1) is 38.1 Å². The number of benzene rings is 3. The van der Waals surface area contributed by atoms with E-state index in [4.69, 9.17) is 14.2 Å². The number of fused-ring (bicyclic) bond motifs is 2. The van der Waals surface area contributed by atoms with Gasteiger partial charge in [-0.1, -0.05) is 18.2 Å². The van der Waals surface area contributed by atoms with Crippen LogP contribution in [0.1, 0.15) is 10.4 Å². The highest BCUT2D eigenvalue weighted by Gasteiger charge is 2.15. The molecule has 0 amide bonds. The Hall–Kier alpha value is -3.80. The quantitative estimate of drug-likeness (QED) is 0.440. The number of carbonyl (C=O) groups excluding carboxylic acids is 1. The number of hydrogen-bond acceptors (Lipinski definition) is 6. The maximum absolute atomic E-state index is 12.1. The Morgan fingerprint density at radius 2 is 1.67 bits per heavy atom. The average Bonchev–Trinajstić information content (AvgIpc) is 2.80. The lowest BCUT2D eigenvalue weighted by Crippen LogP contribution is -2.10. The smallest absolute Gasteiger partial charge is 0.338 e. The number of methoxy groups -OCH3 is 3. The zero-order chi connectivity index (χ0) is 21.3. The second-order valence-corrected chi connectivity index (χ2v) is 6.82. The van der Waals surface area contributed by atoms with E-state index in [1.54, 1.807) is 26.5 Å². The maximum atomic E-state index is 12.1. The van der Waals surface area contributed by atoms with Gasteiger partial charge >= 0.3 is 5.97 Å².